The molecule has 1 N–H and O–H groups in total. The van der Waals surface area contributed by atoms with E-state index in [9.17, 15) is 4.79 Å². The summed E-state index contributed by atoms with van der Waals surface area (Å²) in [6.45, 7) is 14.5. The molecule has 1 fully saturated rings. The van der Waals surface area contributed by atoms with Gasteiger partial charge in [0.2, 0.25) is 5.13 Å². The Bertz CT molecular complexity index is 2270. The number of nitrogens with zero attached hydrogens (tertiary/aromatic N) is 3. The fraction of sp³-hybridized carbons (Fsp3) is 0.472. The molecule has 1 saturated heterocycles. The van der Waals surface area contributed by atoms with Crippen LogP contribution >= 0.6 is 22.9 Å². The van der Waals surface area contributed by atoms with Crippen molar-refractivity contribution < 1.29 is 28.5 Å². The number of rotatable bonds is 28. The molecule has 348 valence electrons. The molecule has 0 amide bonds. The number of carbonyl (C=O) groups is 1. The number of benzene rings is 4. The van der Waals surface area contributed by atoms with Crippen LogP contribution in [0.25, 0.3) is 10.6 Å². The number of nitrogens with one attached hydrogen (secondary N) is 1. The van der Waals surface area contributed by atoms with Crippen molar-refractivity contribution in [2.75, 3.05) is 38.5 Å². The molecule has 0 bridgehead atoms. The highest BCUT2D eigenvalue weighted by atomic mass is 35.5. The van der Waals surface area contributed by atoms with Gasteiger partial charge in [0.05, 0.1) is 43.2 Å². The molecule has 0 saturated carbocycles. The number of aryl methyl sites for hydroxylation is 3. The molecule has 0 atom stereocenters. The molecule has 0 aliphatic carbocycles. The number of hydrogen-bond acceptors (Lipinski definition) is 11. The average molecular weight is 924 g/mol. The lowest BCUT2D eigenvalue weighted by Gasteiger charge is -2.40. The number of unbranched alkanes of at least 4 members (excludes halogenated alkanes) is 7. The molecule has 1 aliphatic rings. The zero-order chi connectivity index (χ0) is 45.9. The molecule has 65 heavy (non-hydrogen) atoms. The van der Waals surface area contributed by atoms with Gasteiger partial charge < -0.3 is 23.7 Å². The van der Waals surface area contributed by atoms with Gasteiger partial charge in [0.25, 0.3) is 0 Å². The molecule has 5 aromatic rings. The largest absolute Gasteiger partial charge is 0.493 e. The van der Waals surface area contributed by atoms with Crippen LogP contribution in [0, 0.1) is 19.3 Å². The first-order chi connectivity index (χ1) is 31.7. The van der Waals surface area contributed by atoms with E-state index in [2.05, 4.69) is 90.0 Å². The van der Waals surface area contributed by atoms with Crippen LogP contribution in [0.1, 0.15) is 135 Å². The lowest BCUT2D eigenvalue weighted by atomic mass is 9.84. The predicted octanol–water partition coefficient (Wildman–Crippen LogP) is 13.6. The van der Waals surface area contributed by atoms with Gasteiger partial charge in [0, 0.05) is 29.2 Å². The number of hydrogen-bond donors (Lipinski definition) is 1. The van der Waals surface area contributed by atoms with Crippen LogP contribution in [0.2, 0.25) is 5.02 Å². The first-order valence-corrected chi connectivity index (χ1v) is 24.8. The van der Waals surface area contributed by atoms with Crippen LogP contribution in [0.3, 0.4) is 0 Å². The van der Waals surface area contributed by atoms with Crippen molar-refractivity contribution >= 4 is 40.3 Å². The van der Waals surface area contributed by atoms with Crippen LogP contribution < -0.4 is 19.6 Å². The molecule has 0 unspecified atom stereocenters. The smallest absolute Gasteiger partial charge is 0.344 e. The van der Waals surface area contributed by atoms with Crippen molar-refractivity contribution in [3.63, 3.8) is 0 Å². The standard InChI is InChI=1S/C53H67ClN4O6S/c1-6-9-10-11-14-18-41-19-23-42(24-20-41)33-55-57-52-58-56-50(65-52)48-39(5)49(62-30-16-13-12-15-29-60-35-53(8-3)36-61-37-53)38(4)31-45(48)51(59)64-44-27-28-47(46(54)32-44)63-34-43-25-21-40(17-7-2)22-26-43/h19-28,31-33H,6-18,29-30,34-37H2,1-5H3,(H,57,58)/b55-33+. The monoisotopic (exact) mass is 922 g/mol. The second kappa shape index (κ2) is 25.8. The molecule has 10 nitrogen and oxygen atoms in total. The Hall–Kier alpha value is -4.81. The van der Waals surface area contributed by atoms with E-state index in [1.54, 1.807) is 30.5 Å². The van der Waals surface area contributed by atoms with E-state index in [1.165, 1.54) is 54.6 Å². The highest BCUT2D eigenvalue weighted by Gasteiger charge is 2.36. The summed E-state index contributed by atoms with van der Waals surface area (Å²) in [7, 11) is 0. The zero-order valence-corrected chi connectivity index (χ0v) is 40.6. The minimum atomic E-state index is -0.557. The third-order valence-corrected chi connectivity index (χ3v) is 13.1. The van der Waals surface area contributed by atoms with Crippen molar-refractivity contribution in [1.82, 2.24) is 10.2 Å². The molecule has 0 spiro atoms. The fourth-order valence-electron chi connectivity index (χ4n) is 7.84. The number of ether oxygens (including phenoxy) is 5. The van der Waals surface area contributed by atoms with Crippen LogP contribution in [0.5, 0.6) is 17.2 Å². The summed E-state index contributed by atoms with van der Waals surface area (Å²) in [5.74, 6) is 0.944. The maximum absolute atomic E-state index is 14.1. The van der Waals surface area contributed by atoms with Gasteiger partial charge in [0.15, 0.2) is 5.01 Å². The van der Waals surface area contributed by atoms with Gasteiger partial charge in [0.1, 0.15) is 23.9 Å². The van der Waals surface area contributed by atoms with Gasteiger partial charge in [-0.2, -0.15) is 5.10 Å². The minimum Gasteiger partial charge on any atom is -0.493 e. The maximum atomic E-state index is 14.1. The Morgan fingerprint density at radius 2 is 1.52 bits per heavy atom. The first kappa shape index (κ1) is 49.6. The van der Waals surface area contributed by atoms with Crippen molar-refractivity contribution in [2.24, 2.45) is 10.5 Å². The van der Waals surface area contributed by atoms with E-state index in [1.807, 2.05) is 13.8 Å². The number of carbonyl (C=O) groups excluding carboxylic acids is 1. The van der Waals surface area contributed by atoms with Crippen molar-refractivity contribution in [3.05, 3.63) is 117 Å². The van der Waals surface area contributed by atoms with Crippen molar-refractivity contribution in [2.45, 2.75) is 125 Å². The van der Waals surface area contributed by atoms with E-state index in [0.29, 0.717) is 56.8 Å². The molecule has 12 heteroatoms. The maximum Gasteiger partial charge on any atom is 0.344 e. The number of halogens is 1. The highest BCUT2D eigenvalue weighted by Crippen LogP contribution is 2.40. The molecular formula is C53H67ClN4O6S. The van der Waals surface area contributed by atoms with Gasteiger partial charge in [-0.25, -0.2) is 4.79 Å². The van der Waals surface area contributed by atoms with Crippen molar-refractivity contribution in [1.29, 1.82) is 0 Å². The predicted molar refractivity (Wildman–Crippen MR) is 264 cm³/mol. The van der Waals surface area contributed by atoms with E-state index in [-0.39, 0.29) is 5.41 Å². The summed E-state index contributed by atoms with van der Waals surface area (Å²) in [6.07, 6.45) is 16.4. The van der Waals surface area contributed by atoms with Gasteiger partial charge >= 0.3 is 5.97 Å². The molecular weight excluding hydrogens is 856 g/mol. The van der Waals surface area contributed by atoms with Gasteiger partial charge in [-0.3, -0.25) is 5.43 Å². The minimum absolute atomic E-state index is 0.214. The first-order valence-electron chi connectivity index (χ1n) is 23.6. The Kier molecular flexibility index (Phi) is 19.7. The topological polar surface area (TPSA) is 113 Å². The quantitative estimate of drug-likeness (QED) is 0.0172. The van der Waals surface area contributed by atoms with Crippen molar-refractivity contribution in [3.8, 4) is 27.8 Å². The van der Waals surface area contributed by atoms with Gasteiger partial charge in [-0.05, 0) is 105 Å². The Morgan fingerprint density at radius 3 is 2.23 bits per heavy atom. The van der Waals surface area contributed by atoms with E-state index < -0.39 is 5.97 Å². The normalized spacial score (nSPS) is 13.2. The molecule has 1 aliphatic heterocycles. The molecule has 4 aromatic carbocycles. The van der Waals surface area contributed by atoms with E-state index >= 15 is 0 Å². The number of aromatic nitrogens is 2. The van der Waals surface area contributed by atoms with Crippen LogP contribution in [0.4, 0.5) is 5.13 Å². The lowest BCUT2D eigenvalue weighted by molar-refractivity contribution is -0.150. The second-order valence-electron chi connectivity index (χ2n) is 17.3. The number of hydrazone groups is 1. The zero-order valence-electron chi connectivity index (χ0n) is 39.0. The molecule has 2 heterocycles. The van der Waals surface area contributed by atoms with Crippen LogP contribution in [-0.4, -0.2) is 55.4 Å². The second-order valence-corrected chi connectivity index (χ2v) is 18.6. The SMILES string of the molecule is CCCCCCCc1ccc(/C=N/Nc2nnc(-c3c(C(=O)Oc4ccc(OCc5ccc(CCC)cc5)c(Cl)c4)cc(C)c(OCCCCCCOCC4(CC)COC4)c3C)s2)cc1. The fourth-order valence-corrected chi connectivity index (χ4v) is 8.87. The van der Waals surface area contributed by atoms with E-state index in [4.69, 9.17) is 35.3 Å². The summed E-state index contributed by atoms with van der Waals surface area (Å²) in [6, 6.07) is 23.7. The summed E-state index contributed by atoms with van der Waals surface area (Å²) in [5.41, 5.74) is 10.4. The Labute approximate surface area is 395 Å². The molecule has 6 rings (SSSR count). The summed E-state index contributed by atoms with van der Waals surface area (Å²) < 4.78 is 29.9. The third kappa shape index (κ3) is 14.8. The van der Waals surface area contributed by atoms with Crippen LogP contribution in [-0.2, 0) is 28.9 Å². The summed E-state index contributed by atoms with van der Waals surface area (Å²) in [4.78, 5) is 14.1. The van der Waals surface area contributed by atoms with Gasteiger partial charge in [-0.15, -0.1) is 10.2 Å². The van der Waals surface area contributed by atoms with Crippen LogP contribution in [0.15, 0.2) is 77.9 Å². The summed E-state index contributed by atoms with van der Waals surface area (Å²) >= 11 is 7.96. The van der Waals surface area contributed by atoms with E-state index in [0.717, 1.165) is 100 Å². The number of esters is 1. The highest BCUT2D eigenvalue weighted by molar-refractivity contribution is 7.18. The molecule has 1 aromatic heterocycles. The average Bonchev–Trinajstić information content (AvgIpc) is 3.76. The lowest BCUT2D eigenvalue weighted by Crippen LogP contribution is -2.45. The Morgan fingerprint density at radius 1 is 0.815 bits per heavy atom. The summed E-state index contributed by atoms with van der Waals surface area (Å²) in [5, 5.41) is 14.7. The number of anilines is 1. The Balaban J connectivity index is 1.11. The van der Waals surface area contributed by atoms with Gasteiger partial charge in [-0.1, -0.05) is 131 Å². The third-order valence-electron chi connectivity index (χ3n) is 12.0. The molecule has 0 radical (unpaired) electrons.